The number of hydrogen-bond acceptors (Lipinski definition) is 5. The van der Waals surface area contributed by atoms with Crippen LogP contribution in [0, 0.1) is 0 Å². The summed E-state index contributed by atoms with van der Waals surface area (Å²) in [6, 6.07) is 10.8. The van der Waals surface area contributed by atoms with E-state index in [1.807, 2.05) is 43.3 Å². The predicted molar refractivity (Wildman–Crippen MR) is 105 cm³/mol. The summed E-state index contributed by atoms with van der Waals surface area (Å²) in [6.07, 6.45) is 8.25. The Kier molecular flexibility index (Phi) is 6.13. The second kappa shape index (κ2) is 8.34. The van der Waals surface area contributed by atoms with Crippen molar-refractivity contribution in [3.8, 4) is 0 Å². The van der Waals surface area contributed by atoms with E-state index in [2.05, 4.69) is 4.98 Å². The minimum absolute atomic E-state index is 0.0698. The zero-order valence-corrected chi connectivity index (χ0v) is 16.3. The van der Waals surface area contributed by atoms with Gasteiger partial charge in [-0.1, -0.05) is 19.3 Å². The highest BCUT2D eigenvalue weighted by molar-refractivity contribution is 7.67. The summed E-state index contributed by atoms with van der Waals surface area (Å²) in [5.41, 5.74) is 1.58. The molecule has 1 fully saturated rings. The van der Waals surface area contributed by atoms with E-state index in [1.165, 1.54) is 6.42 Å². The third kappa shape index (κ3) is 4.17. The maximum Gasteiger partial charge on any atom is 0.264 e. The molecule has 0 radical (unpaired) electrons. The van der Waals surface area contributed by atoms with E-state index in [0.29, 0.717) is 10.9 Å². The molecule has 1 aromatic heterocycles. The number of rotatable bonds is 6. The molecule has 140 valence electrons. The molecule has 0 amide bonds. The zero-order chi connectivity index (χ0) is 18.6. The van der Waals surface area contributed by atoms with Crippen molar-refractivity contribution in [2.75, 3.05) is 19.0 Å². The van der Waals surface area contributed by atoms with Crippen LogP contribution in [0.2, 0.25) is 0 Å². The third-order valence-corrected chi connectivity index (χ3v) is 7.48. The van der Waals surface area contributed by atoms with Crippen LogP contribution in [0.15, 0.2) is 48.8 Å². The fourth-order valence-corrected chi connectivity index (χ4v) is 5.64. The molecule has 0 saturated heterocycles. The number of aliphatic hydroxyl groups excluding tert-OH is 1. The van der Waals surface area contributed by atoms with Crippen molar-refractivity contribution in [3.05, 3.63) is 54.4 Å². The zero-order valence-electron chi connectivity index (χ0n) is 15.4. The first-order valence-electron chi connectivity index (χ1n) is 9.15. The Morgan fingerprint density at radius 2 is 1.69 bits per heavy atom. The highest BCUT2D eigenvalue weighted by Crippen LogP contribution is 2.59. The lowest BCUT2D eigenvalue weighted by Gasteiger charge is -2.31. The summed E-state index contributed by atoms with van der Waals surface area (Å²) >= 11 is 0. The van der Waals surface area contributed by atoms with Crippen molar-refractivity contribution < 1.29 is 14.2 Å². The third-order valence-electron chi connectivity index (χ3n) is 4.91. The van der Waals surface area contributed by atoms with Crippen LogP contribution in [0.4, 0.5) is 5.69 Å². The molecule has 2 aromatic rings. The lowest BCUT2D eigenvalue weighted by Crippen LogP contribution is -2.22. The molecule has 2 atom stereocenters. The van der Waals surface area contributed by atoms with Crippen molar-refractivity contribution in [2.24, 2.45) is 0 Å². The monoisotopic (exact) mass is 374 g/mol. The minimum atomic E-state index is -3.49. The van der Waals surface area contributed by atoms with E-state index in [1.54, 1.807) is 24.5 Å². The molecule has 1 saturated carbocycles. The van der Waals surface area contributed by atoms with Crippen molar-refractivity contribution >= 4 is 18.4 Å². The average molecular weight is 374 g/mol. The number of aromatic nitrogens is 1. The maximum absolute atomic E-state index is 14.0. The van der Waals surface area contributed by atoms with Gasteiger partial charge in [-0.15, -0.1) is 0 Å². The van der Waals surface area contributed by atoms with Gasteiger partial charge >= 0.3 is 0 Å². The number of pyridine rings is 1. The molecule has 0 unspecified atom stereocenters. The summed E-state index contributed by atoms with van der Waals surface area (Å²) < 4.78 is 20.1. The van der Waals surface area contributed by atoms with E-state index in [9.17, 15) is 9.67 Å². The fourth-order valence-electron chi connectivity index (χ4n) is 3.34. The molecule has 1 aliphatic carbocycles. The molecule has 6 heteroatoms. The summed E-state index contributed by atoms with van der Waals surface area (Å²) in [6.45, 7) is 0. The van der Waals surface area contributed by atoms with Crippen LogP contribution in [0.5, 0.6) is 0 Å². The highest BCUT2D eigenvalue weighted by atomic mass is 31.2. The van der Waals surface area contributed by atoms with Gasteiger partial charge in [0, 0.05) is 37.5 Å². The average Bonchev–Trinajstić information content (AvgIpc) is 2.69. The molecule has 0 spiro atoms. The van der Waals surface area contributed by atoms with Crippen LogP contribution >= 0.6 is 7.37 Å². The van der Waals surface area contributed by atoms with Gasteiger partial charge in [0.05, 0.1) is 6.10 Å². The quantitative estimate of drug-likeness (QED) is 0.772. The highest BCUT2D eigenvalue weighted by Gasteiger charge is 2.39. The molecule has 3 rings (SSSR count). The molecular formula is C20H27N2O3P. The van der Waals surface area contributed by atoms with Gasteiger partial charge in [0.2, 0.25) is 0 Å². The van der Waals surface area contributed by atoms with Crippen molar-refractivity contribution in [2.45, 2.75) is 44.1 Å². The predicted octanol–water partition coefficient (Wildman–Crippen LogP) is 4.09. The summed E-state index contributed by atoms with van der Waals surface area (Å²) in [5, 5.41) is 11.5. The first-order valence-corrected chi connectivity index (χ1v) is 10.8. The van der Waals surface area contributed by atoms with E-state index < -0.39 is 13.2 Å². The van der Waals surface area contributed by atoms with Crippen LogP contribution in [0.1, 0.15) is 43.5 Å². The Bertz CT molecular complexity index is 743. The first-order chi connectivity index (χ1) is 12.5. The second-order valence-electron chi connectivity index (χ2n) is 7.03. The second-order valence-corrected chi connectivity index (χ2v) is 9.44. The Morgan fingerprint density at radius 1 is 1.08 bits per heavy atom. The van der Waals surface area contributed by atoms with Gasteiger partial charge in [-0.25, -0.2) is 0 Å². The summed E-state index contributed by atoms with van der Waals surface area (Å²) in [4.78, 5) is 5.96. The van der Waals surface area contributed by atoms with Crippen LogP contribution < -0.4 is 10.2 Å². The minimum Gasteiger partial charge on any atom is -0.378 e. The lowest BCUT2D eigenvalue weighted by atomic mass is 9.98. The molecular weight excluding hydrogens is 347 g/mol. The summed E-state index contributed by atoms with van der Waals surface area (Å²) in [5.74, 6) is -1.20. The number of nitrogens with zero attached hydrogens (tertiary/aromatic N) is 2. The van der Waals surface area contributed by atoms with Crippen LogP contribution in [-0.2, 0) is 9.09 Å². The molecule has 0 bridgehead atoms. The van der Waals surface area contributed by atoms with E-state index in [4.69, 9.17) is 4.52 Å². The van der Waals surface area contributed by atoms with Crippen molar-refractivity contribution in [1.82, 2.24) is 4.98 Å². The number of hydrogen-bond donors (Lipinski definition) is 1. The molecule has 1 aliphatic rings. The van der Waals surface area contributed by atoms with E-state index in [0.717, 1.165) is 31.4 Å². The fraction of sp³-hybridized carbons (Fsp3) is 0.450. The number of anilines is 1. The largest absolute Gasteiger partial charge is 0.378 e. The number of aliphatic hydroxyl groups is 1. The topological polar surface area (TPSA) is 62.7 Å². The van der Waals surface area contributed by atoms with E-state index >= 15 is 0 Å². The van der Waals surface area contributed by atoms with Gasteiger partial charge in [-0.05, 0) is 54.8 Å². The van der Waals surface area contributed by atoms with Crippen LogP contribution in [-0.4, -0.2) is 30.3 Å². The van der Waals surface area contributed by atoms with Gasteiger partial charge in [0.25, 0.3) is 7.37 Å². The van der Waals surface area contributed by atoms with Gasteiger partial charge in [0.1, 0.15) is 0 Å². The Morgan fingerprint density at radius 3 is 2.27 bits per heavy atom. The summed E-state index contributed by atoms with van der Waals surface area (Å²) in [7, 11) is 0.421. The van der Waals surface area contributed by atoms with Gasteiger partial charge in [0.15, 0.2) is 5.85 Å². The van der Waals surface area contributed by atoms with Crippen LogP contribution in [0.25, 0.3) is 0 Å². The van der Waals surface area contributed by atoms with Crippen LogP contribution in [0.3, 0.4) is 0 Å². The van der Waals surface area contributed by atoms with Crippen molar-refractivity contribution in [3.63, 3.8) is 0 Å². The lowest BCUT2D eigenvalue weighted by molar-refractivity contribution is 0.137. The van der Waals surface area contributed by atoms with Gasteiger partial charge in [-0.2, -0.15) is 0 Å². The van der Waals surface area contributed by atoms with Gasteiger partial charge < -0.3 is 14.5 Å². The molecule has 1 heterocycles. The molecule has 1 N–H and O–H groups in total. The standard InChI is InChI=1S/C20H27N2O3P/c1-22(2)17-8-10-19(11-9-17)26(24,25-18-6-4-3-5-7-18)20(23)16-12-14-21-15-13-16/h8-15,18,20,23H,3-7H2,1-2H3/t20-,26+/m0/s1. The molecule has 5 nitrogen and oxygen atoms in total. The molecule has 1 aromatic carbocycles. The maximum atomic E-state index is 14.0. The first kappa shape index (κ1) is 19.1. The Labute approximate surface area is 155 Å². The Balaban J connectivity index is 1.96. The van der Waals surface area contributed by atoms with Crippen molar-refractivity contribution in [1.29, 1.82) is 0 Å². The SMILES string of the molecule is CN(C)c1ccc([P@@](=O)(OC2CCCCC2)[C@H](O)c2ccncc2)cc1. The molecule has 0 aliphatic heterocycles. The Hall–Kier alpha value is -1.68. The van der Waals surface area contributed by atoms with Gasteiger partial charge in [-0.3, -0.25) is 9.55 Å². The van der Waals surface area contributed by atoms with E-state index in [-0.39, 0.29) is 6.10 Å². The smallest absolute Gasteiger partial charge is 0.264 e. The molecule has 26 heavy (non-hydrogen) atoms. The number of benzene rings is 1. The normalized spacial score (nSPS) is 18.9.